The van der Waals surface area contributed by atoms with Crippen molar-refractivity contribution in [3.05, 3.63) is 52.0 Å². The van der Waals surface area contributed by atoms with Gasteiger partial charge in [0.25, 0.3) is 0 Å². The van der Waals surface area contributed by atoms with Crippen molar-refractivity contribution in [1.82, 2.24) is 19.9 Å². The molecule has 0 amide bonds. The van der Waals surface area contributed by atoms with Crippen LogP contribution < -0.4 is 0 Å². The molecule has 18 heavy (non-hydrogen) atoms. The summed E-state index contributed by atoms with van der Waals surface area (Å²) in [5.74, 6) is 0. The zero-order valence-corrected chi connectivity index (χ0v) is 10.4. The van der Waals surface area contributed by atoms with Crippen molar-refractivity contribution in [2.45, 2.75) is 12.8 Å². The van der Waals surface area contributed by atoms with Crippen LogP contribution in [0.2, 0.25) is 0 Å². The normalized spacial score (nSPS) is 12.4. The number of pyridine rings is 1. The highest BCUT2D eigenvalue weighted by molar-refractivity contribution is 7.12. The number of hydrogen-bond donors (Lipinski definition) is 1. The van der Waals surface area contributed by atoms with Crippen molar-refractivity contribution < 1.29 is 0 Å². The number of H-pyrrole nitrogens is 1. The molecule has 1 N–H and O–H groups in total. The molecule has 0 saturated heterocycles. The molecule has 4 nitrogen and oxygen atoms in total. The molecular formula is C13H10N4S. The molecule has 3 aromatic rings. The highest BCUT2D eigenvalue weighted by Crippen LogP contribution is 2.38. The number of rotatable bonds is 2. The van der Waals surface area contributed by atoms with Crippen LogP contribution in [0, 0.1) is 0 Å². The Labute approximate surface area is 108 Å². The lowest BCUT2D eigenvalue weighted by Crippen LogP contribution is -1.89. The number of aromatic amines is 1. The summed E-state index contributed by atoms with van der Waals surface area (Å²) in [6, 6.07) is 4.12. The van der Waals surface area contributed by atoms with E-state index in [2.05, 4.69) is 21.0 Å². The Hall–Kier alpha value is -2.01. The van der Waals surface area contributed by atoms with Crippen LogP contribution in [-0.2, 0) is 12.8 Å². The topological polar surface area (TPSA) is 54.5 Å². The minimum Gasteiger partial charge on any atom is -0.348 e. The van der Waals surface area contributed by atoms with E-state index < -0.39 is 0 Å². The summed E-state index contributed by atoms with van der Waals surface area (Å²) in [4.78, 5) is 17.6. The smallest absolute Gasteiger partial charge is 0.104 e. The molecule has 4 rings (SSSR count). The number of imidazole rings is 1. The SMILES string of the molecule is c1cnc2c(c1)Cc1sc(Cc3cnc[nH]3)nc1-2. The highest BCUT2D eigenvalue weighted by atomic mass is 32.1. The minimum atomic E-state index is 0.819. The minimum absolute atomic E-state index is 0.819. The van der Waals surface area contributed by atoms with Gasteiger partial charge in [-0.25, -0.2) is 9.97 Å². The first-order chi connectivity index (χ1) is 8.90. The fraction of sp³-hybridized carbons (Fsp3) is 0.154. The predicted octanol–water partition coefficient (Wildman–Crippen LogP) is 2.42. The maximum atomic E-state index is 4.72. The predicted molar refractivity (Wildman–Crippen MR) is 69.5 cm³/mol. The summed E-state index contributed by atoms with van der Waals surface area (Å²) in [5.41, 5.74) is 4.52. The van der Waals surface area contributed by atoms with Gasteiger partial charge in [0, 0.05) is 35.8 Å². The molecule has 3 aromatic heterocycles. The van der Waals surface area contributed by atoms with Crippen molar-refractivity contribution in [3.8, 4) is 11.4 Å². The number of nitrogens with one attached hydrogen (secondary N) is 1. The number of nitrogens with zero attached hydrogens (tertiary/aromatic N) is 3. The Bertz CT molecular complexity index is 700. The van der Waals surface area contributed by atoms with E-state index in [-0.39, 0.29) is 0 Å². The lowest BCUT2D eigenvalue weighted by molar-refractivity contribution is 1.08. The van der Waals surface area contributed by atoms with Gasteiger partial charge in [-0.15, -0.1) is 11.3 Å². The van der Waals surface area contributed by atoms with Crippen molar-refractivity contribution in [2.75, 3.05) is 0 Å². The number of hydrogen-bond acceptors (Lipinski definition) is 4. The third-order valence-electron chi connectivity index (χ3n) is 3.10. The molecule has 0 atom stereocenters. The second-order valence-electron chi connectivity index (χ2n) is 4.32. The summed E-state index contributed by atoms with van der Waals surface area (Å²) in [6.45, 7) is 0. The van der Waals surface area contributed by atoms with Crippen LogP contribution in [0.3, 0.4) is 0 Å². The maximum Gasteiger partial charge on any atom is 0.104 e. The zero-order valence-electron chi connectivity index (χ0n) is 9.55. The molecular weight excluding hydrogens is 244 g/mol. The van der Waals surface area contributed by atoms with Crippen molar-refractivity contribution in [3.63, 3.8) is 0 Å². The second kappa shape index (κ2) is 3.74. The molecule has 0 bridgehead atoms. The first-order valence-corrected chi connectivity index (χ1v) is 6.62. The number of aromatic nitrogens is 4. The van der Waals surface area contributed by atoms with Gasteiger partial charge in [0.2, 0.25) is 0 Å². The van der Waals surface area contributed by atoms with E-state index in [4.69, 9.17) is 4.98 Å². The fourth-order valence-corrected chi connectivity index (χ4v) is 3.41. The number of fused-ring (bicyclic) bond motifs is 3. The van der Waals surface area contributed by atoms with Gasteiger partial charge in [0.15, 0.2) is 0 Å². The van der Waals surface area contributed by atoms with Crippen LogP contribution >= 0.6 is 11.3 Å². The molecule has 1 aliphatic rings. The number of thiazole rings is 1. The molecule has 0 spiro atoms. The first-order valence-electron chi connectivity index (χ1n) is 5.80. The lowest BCUT2D eigenvalue weighted by Gasteiger charge is -1.96. The van der Waals surface area contributed by atoms with Crippen LogP contribution in [0.25, 0.3) is 11.4 Å². The fourth-order valence-electron chi connectivity index (χ4n) is 2.29. The molecule has 0 aromatic carbocycles. The molecule has 0 saturated carbocycles. The first kappa shape index (κ1) is 9.96. The average molecular weight is 254 g/mol. The summed E-state index contributed by atoms with van der Waals surface area (Å²) < 4.78 is 0. The van der Waals surface area contributed by atoms with Gasteiger partial charge in [-0.1, -0.05) is 6.07 Å². The maximum absolute atomic E-state index is 4.72. The van der Waals surface area contributed by atoms with E-state index in [0.717, 1.165) is 34.9 Å². The van der Waals surface area contributed by atoms with Gasteiger partial charge in [-0.2, -0.15) is 0 Å². The summed E-state index contributed by atoms with van der Waals surface area (Å²) in [7, 11) is 0. The van der Waals surface area contributed by atoms with E-state index in [0.29, 0.717) is 0 Å². The van der Waals surface area contributed by atoms with E-state index in [1.807, 2.05) is 18.5 Å². The monoisotopic (exact) mass is 254 g/mol. The Morgan fingerprint density at radius 1 is 1.33 bits per heavy atom. The molecule has 1 aliphatic carbocycles. The molecule has 0 radical (unpaired) electrons. The third-order valence-corrected chi connectivity index (χ3v) is 4.16. The molecule has 88 valence electrons. The highest BCUT2D eigenvalue weighted by Gasteiger charge is 2.24. The van der Waals surface area contributed by atoms with Crippen molar-refractivity contribution >= 4 is 11.3 Å². The quantitative estimate of drug-likeness (QED) is 0.597. The molecule has 5 heteroatoms. The molecule has 0 aliphatic heterocycles. The zero-order chi connectivity index (χ0) is 11.9. The van der Waals surface area contributed by atoms with Gasteiger partial charge >= 0.3 is 0 Å². The van der Waals surface area contributed by atoms with Gasteiger partial charge in [0.05, 0.1) is 17.0 Å². The summed E-state index contributed by atoms with van der Waals surface area (Å²) in [5, 5.41) is 1.13. The van der Waals surface area contributed by atoms with Crippen LogP contribution in [0.4, 0.5) is 0 Å². The van der Waals surface area contributed by atoms with Crippen molar-refractivity contribution in [1.29, 1.82) is 0 Å². The molecule has 0 unspecified atom stereocenters. The van der Waals surface area contributed by atoms with Crippen LogP contribution in [0.1, 0.15) is 21.1 Å². The Morgan fingerprint density at radius 3 is 3.22 bits per heavy atom. The van der Waals surface area contributed by atoms with Crippen molar-refractivity contribution in [2.24, 2.45) is 0 Å². The third kappa shape index (κ3) is 1.48. The Morgan fingerprint density at radius 2 is 2.33 bits per heavy atom. The Balaban J connectivity index is 1.72. The van der Waals surface area contributed by atoms with Gasteiger partial charge < -0.3 is 4.98 Å². The summed E-state index contributed by atoms with van der Waals surface area (Å²) >= 11 is 1.78. The van der Waals surface area contributed by atoms with Gasteiger partial charge in [0.1, 0.15) is 5.69 Å². The van der Waals surface area contributed by atoms with Crippen LogP contribution in [0.5, 0.6) is 0 Å². The van der Waals surface area contributed by atoms with E-state index >= 15 is 0 Å². The standard InChI is InChI=1S/C13H10N4S/c1-2-8-4-10-13(12(8)15-3-1)17-11(18-10)5-9-6-14-7-16-9/h1-3,6-7H,4-5H2,(H,14,16). The van der Waals surface area contributed by atoms with Gasteiger partial charge in [-0.3, -0.25) is 4.98 Å². The van der Waals surface area contributed by atoms with Crippen LogP contribution in [-0.4, -0.2) is 19.9 Å². The second-order valence-corrected chi connectivity index (χ2v) is 5.49. The van der Waals surface area contributed by atoms with Gasteiger partial charge in [-0.05, 0) is 11.6 Å². The largest absolute Gasteiger partial charge is 0.348 e. The van der Waals surface area contributed by atoms with Crippen LogP contribution in [0.15, 0.2) is 30.9 Å². The Kier molecular flexibility index (Phi) is 2.07. The van der Waals surface area contributed by atoms with E-state index in [1.54, 1.807) is 17.7 Å². The molecule has 0 fully saturated rings. The van der Waals surface area contributed by atoms with E-state index in [9.17, 15) is 0 Å². The molecule has 3 heterocycles. The lowest BCUT2D eigenvalue weighted by atomic mass is 10.2. The summed E-state index contributed by atoms with van der Waals surface area (Å²) in [6.07, 6.45) is 7.17. The average Bonchev–Trinajstić information content (AvgIpc) is 3.05. The van der Waals surface area contributed by atoms with E-state index in [1.165, 1.54) is 10.4 Å².